The van der Waals surface area contributed by atoms with Gasteiger partial charge >= 0.3 is 5.97 Å². The van der Waals surface area contributed by atoms with Crippen molar-refractivity contribution in [3.05, 3.63) is 46.3 Å². The molecule has 2 aromatic heterocycles. The van der Waals surface area contributed by atoms with Gasteiger partial charge in [-0.3, -0.25) is 14.7 Å². The Kier molecular flexibility index (Phi) is 5.30. The van der Waals surface area contributed by atoms with Crippen LogP contribution in [0.1, 0.15) is 33.0 Å². The number of ether oxygens (including phenoxy) is 1. The Morgan fingerprint density at radius 3 is 2.93 bits per heavy atom. The molecule has 150 valence electrons. The lowest BCUT2D eigenvalue weighted by atomic mass is 9.96. The van der Waals surface area contributed by atoms with Crippen molar-refractivity contribution in [3.63, 3.8) is 0 Å². The van der Waals surface area contributed by atoms with Gasteiger partial charge in [-0.05, 0) is 42.5 Å². The highest BCUT2D eigenvalue weighted by Gasteiger charge is 2.29. The maximum Gasteiger partial charge on any atom is 0.359 e. The summed E-state index contributed by atoms with van der Waals surface area (Å²) in [6.45, 7) is 1.05. The van der Waals surface area contributed by atoms with Crippen LogP contribution in [-0.4, -0.2) is 53.1 Å². The van der Waals surface area contributed by atoms with E-state index in [9.17, 15) is 14.4 Å². The first-order chi connectivity index (χ1) is 14.1. The molecule has 4 rings (SSSR count). The number of H-pyrrole nitrogens is 1. The van der Waals surface area contributed by atoms with Crippen LogP contribution in [0.3, 0.4) is 0 Å². The van der Waals surface area contributed by atoms with Crippen LogP contribution in [-0.2, 0) is 9.53 Å². The third-order valence-corrected chi connectivity index (χ3v) is 5.88. The molecule has 0 spiro atoms. The van der Waals surface area contributed by atoms with Gasteiger partial charge in [-0.1, -0.05) is 6.07 Å². The van der Waals surface area contributed by atoms with Crippen molar-refractivity contribution in [3.8, 4) is 0 Å². The summed E-state index contributed by atoms with van der Waals surface area (Å²) in [5, 5.41) is 12.1. The molecule has 2 N–H and O–H groups in total. The third kappa shape index (κ3) is 3.86. The number of hydrogen-bond donors (Lipinski definition) is 2. The Balaban J connectivity index is 1.47. The second kappa shape index (κ2) is 8.04. The number of carbonyl (C=O) groups is 3. The predicted molar refractivity (Wildman–Crippen MR) is 109 cm³/mol. The van der Waals surface area contributed by atoms with Crippen LogP contribution in [0.4, 0.5) is 5.69 Å². The Morgan fingerprint density at radius 2 is 2.17 bits per heavy atom. The number of anilines is 1. The standard InChI is InChI=1S/C20H20N4O4S/c1-28-20(27)17-14-10-13(6-7-15(14)22-23-17)21-18(25)12-4-2-8-24(11-12)19(26)16-5-3-9-29-16/h3,5-7,9-10,12H,2,4,8,11H2,1H3,(H,21,25)(H,22,23). The van der Waals surface area contributed by atoms with Gasteiger partial charge in [0, 0.05) is 24.2 Å². The fourth-order valence-corrected chi connectivity index (χ4v) is 4.21. The number of methoxy groups -OCH3 is 1. The first kappa shape index (κ1) is 19.1. The van der Waals surface area contributed by atoms with Gasteiger partial charge in [-0.2, -0.15) is 5.10 Å². The van der Waals surface area contributed by atoms with E-state index in [2.05, 4.69) is 15.5 Å². The summed E-state index contributed by atoms with van der Waals surface area (Å²) in [4.78, 5) is 39.7. The molecule has 1 fully saturated rings. The number of carbonyl (C=O) groups excluding carboxylic acids is 3. The van der Waals surface area contributed by atoms with Gasteiger partial charge in [-0.25, -0.2) is 4.79 Å². The molecule has 3 aromatic rings. The number of hydrogen-bond acceptors (Lipinski definition) is 6. The summed E-state index contributed by atoms with van der Waals surface area (Å²) >= 11 is 1.41. The number of thiophene rings is 1. The smallest absolute Gasteiger partial charge is 0.359 e. The number of rotatable bonds is 4. The average molecular weight is 412 g/mol. The van der Waals surface area contributed by atoms with Gasteiger partial charge < -0.3 is 15.0 Å². The van der Waals surface area contributed by atoms with Crippen molar-refractivity contribution in [2.24, 2.45) is 5.92 Å². The molecular formula is C20H20N4O4S. The first-order valence-corrected chi connectivity index (χ1v) is 10.1. The van der Waals surface area contributed by atoms with Gasteiger partial charge in [-0.15, -0.1) is 11.3 Å². The van der Waals surface area contributed by atoms with Gasteiger partial charge in [0.05, 0.1) is 23.4 Å². The van der Waals surface area contributed by atoms with Crippen molar-refractivity contribution in [1.29, 1.82) is 0 Å². The van der Waals surface area contributed by atoms with Gasteiger partial charge in [0.15, 0.2) is 5.69 Å². The van der Waals surface area contributed by atoms with Gasteiger partial charge in [0.1, 0.15) is 0 Å². The number of amides is 2. The highest BCUT2D eigenvalue weighted by molar-refractivity contribution is 7.12. The molecule has 1 aliphatic rings. The highest BCUT2D eigenvalue weighted by atomic mass is 32.1. The summed E-state index contributed by atoms with van der Waals surface area (Å²) < 4.78 is 4.74. The number of likely N-dealkylation sites (tertiary alicyclic amines) is 1. The molecule has 9 heteroatoms. The second-order valence-electron chi connectivity index (χ2n) is 6.88. The minimum absolute atomic E-state index is 0.0277. The van der Waals surface area contributed by atoms with Crippen LogP contribution in [0.2, 0.25) is 0 Å². The lowest BCUT2D eigenvalue weighted by Crippen LogP contribution is -2.43. The molecular weight excluding hydrogens is 392 g/mol. The van der Waals surface area contributed by atoms with Gasteiger partial charge in [0.2, 0.25) is 5.91 Å². The lowest BCUT2D eigenvalue weighted by Gasteiger charge is -2.31. The van der Waals surface area contributed by atoms with Crippen LogP contribution in [0.25, 0.3) is 10.9 Å². The summed E-state index contributed by atoms with van der Waals surface area (Å²) in [6.07, 6.45) is 1.50. The molecule has 0 bridgehead atoms. The van der Waals surface area contributed by atoms with E-state index in [1.54, 1.807) is 29.2 Å². The molecule has 1 aliphatic heterocycles. The highest BCUT2D eigenvalue weighted by Crippen LogP contribution is 2.24. The molecule has 8 nitrogen and oxygen atoms in total. The normalized spacial score (nSPS) is 16.6. The van der Waals surface area contributed by atoms with Crippen molar-refractivity contribution in [2.75, 3.05) is 25.5 Å². The number of aromatic nitrogens is 2. The molecule has 0 radical (unpaired) electrons. The number of nitrogens with zero attached hydrogens (tertiary/aromatic N) is 2. The number of esters is 1. The summed E-state index contributed by atoms with van der Waals surface area (Å²) in [6, 6.07) is 8.84. The molecule has 29 heavy (non-hydrogen) atoms. The Bertz CT molecular complexity index is 1060. The Hall–Kier alpha value is -3.20. The van der Waals surface area contributed by atoms with E-state index in [1.807, 2.05) is 11.4 Å². The van der Waals surface area contributed by atoms with E-state index in [4.69, 9.17) is 4.74 Å². The number of fused-ring (bicyclic) bond motifs is 1. The Morgan fingerprint density at radius 1 is 1.31 bits per heavy atom. The minimum Gasteiger partial charge on any atom is -0.464 e. The number of nitrogens with one attached hydrogen (secondary N) is 2. The van der Waals surface area contributed by atoms with E-state index in [0.29, 0.717) is 34.6 Å². The fraction of sp³-hybridized carbons (Fsp3) is 0.300. The molecule has 1 atom stereocenters. The molecule has 1 saturated heterocycles. The maximum absolute atomic E-state index is 12.8. The van der Waals surface area contributed by atoms with Crippen LogP contribution in [0.5, 0.6) is 0 Å². The fourth-order valence-electron chi connectivity index (χ4n) is 3.52. The lowest BCUT2D eigenvalue weighted by molar-refractivity contribution is -0.121. The van der Waals surface area contributed by atoms with E-state index in [1.165, 1.54) is 18.4 Å². The van der Waals surface area contributed by atoms with Crippen LogP contribution in [0, 0.1) is 5.92 Å². The maximum atomic E-state index is 12.8. The van der Waals surface area contributed by atoms with Crippen molar-refractivity contribution in [2.45, 2.75) is 12.8 Å². The largest absolute Gasteiger partial charge is 0.464 e. The minimum atomic E-state index is -0.547. The SMILES string of the molecule is COC(=O)c1n[nH]c2ccc(NC(=O)C3CCCN(C(=O)c4cccs4)C3)cc12. The summed E-state index contributed by atoms with van der Waals surface area (Å²) in [5.41, 5.74) is 1.41. The molecule has 1 unspecified atom stereocenters. The van der Waals surface area contributed by atoms with E-state index in [-0.39, 0.29) is 23.4 Å². The molecule has 2 amide bonds. The van der Waals surface area contributed by atoms with E-state index < -0.39 is 5.97 Å². The molecule has 3 heterocycles. The monoisotopic (exact) mass is 412 g/mol. The zero-order chi connectivity index (χ0) is 20.4. The van der Waals surface area contributed by atoms with Gasteiger partial charge in [0.25, 0.3) is 5.91 Å². The number of aromatic amines is 1. The number of benzene rings is 1. The van der Waals surface area contributed by atoms with Crippen LogP contribution in [0.15, 0.2) is 35.7 Å². The quantitative estimate of drug-likeness (QED) is 0.641. The van der Waals surface area contributed by atoms with Crippen molar-refractivity contribution < 1.29 is 19.1 Å². The van der Waals surface area contributed by atoms with Crippen LogP contribution < -0.4 is 5.32 Å². The predicted octanol–water partition coefficient (Wildman–Crippen LogP) is 2.90. The number of piperidine rings is 1. The molecule has 0 aliphatic carbocycles. The second-order valence-corrected chi connectivity index (χ2v) is 7.83. The average Bonchev–Trinajstić information content (AvgIpc) is 3.42. The zero-order valence-electron chi connectivity index (χ0n) is 15.8. The zero-order valence-corrected chi connectivity index (χ0v) is 16.6. The molecule has 0 saturated carbocycles. The van der Waals surface area contributed by atoms with E-state index in [0.717, 1.165) is 12.8 Å². The van der Waals surface area contributed by atoms with Crippen LogP contribution >= 0.6 is 11.3 Å². The Labute approximate surface area is 170 Å². The van der Waals surface area contributed by atoms with Crippen molar-refractivity contribution in [1.82, 2.24) is 15.1 Å². The third-order valence-electron chi connectivity index (χ3n) is 5.02. The van der Waals surface area contributed by atoms with E-state index >= 15 is 0 Å². The molecule has 1 aromatic carbocycles. The van der Waals surface area contributed by atoms with Crippen molar-refractivity contribution >= 4 is 45.7 Å². The topological polar surface area (TPSA) is 104 Å². The summed E-state index contributed by atoms with van der Waals surface area (Å²) in [7, 11) is 1.29. The first-order valence-electron chi connectivity index (χ1n) is 9.27. The summed E-state index contributed by atoms with van der Waals surface area (Å²) in [5.74, 6) is -1.00.